The molecule has 0 radical (unpaired) electrons. The zero-order valence-electron chi connectivity index (χ0n) is 9.04. The van der Waals surface area contributed by atoms with Crippen molar-refractivity contribution in [3.05, 3.63) is 23.8 Å². The lowest BCUT2D eigenvalue weighted by Crippen LogP contribution is -2.31. The van der Waals surface area contributed by atoms with Crippen molar-refractivity contribution in [2.45, 2.75) is 23.2 Å². The molecule has 0 saturated heterocycles. The molecule has 92 valence electrons. The molecule has 1 aliphatic heterocycles. The molecule has 0 atom stereocenters. The predicted octanol–water partition coefficient (Wildman–Crippen LogP) is 3.21. The summed E-state index contributed by atoms with van der Waals surface area (Å²) in [6.07, 6.45) is 0.856. The van der Waals surface area contributed by atoms with Crippen molar-refractivity contribution >= 4 is 23.4 Å². The van der Waals surface area contributed by atoms with Crippen LogP contribution >= 0.6 is 11.8 Å². The highest BCUT2D eigenvalue weighted by molar-refractivity contribution is 8.00. The van der Waals surface area contributed by atoms with Gasteiger partial charge in [0.05, 0.1) is 0 Å². The molecular formula is C11H10F3NOS. The lowest BCUT2D eigenvalue weighted by molar-refractivity contribution is -0.118. The van der Waals surface area contributed by atoms with Gasteiger partial charge in [0.25, 0.3) is 0 Å². The van der Waals surface area contributed by atoms with E-state index in [2.05, 4.69) is 0 Å². The number of alkyl halides is 3. The first kappa shape index (κ1) is 12.3. The second-order valence-corrected chi connectivity index (χ2v) is 4.93. The summed E-state index contributed by atoms with van der Waals surface area (Å²) < 4.78 is 36.6. The number of benzene rings is 1. The maximum Gasteiger partial charge on any atom is 0.446 e. The number of halogens is 3. The number of carbonyl (C=O) groups excluding carboxylic acids is 1. The molecule has 0 spiro atoms. The Labute approximate surface area is 101 Å². The van der Waals surface area contributed by atoms with Crippen molar-refractivity contribution in [3.63, 3.8) is 0 Å². The van der Waals surface area contributed by atoms with Crippen LogP contribution in [-0.4, -0.2) is 18.5 Å². The molecular weight excluding hydrogens is 251 g/mol. The van der Waals surface area contributed by atoms with Crippen LogP contribution in [-0.2, 0) is 11.2 Å². The molecule has 0 bridgehead atoms. The Bertz CT molecular complexity index is 459. The molecule has 6 heteroatoms. The first-order valence-corrected chi connectivity index (χ1v) is 5.84. The summed E-state index contributed by atoms with van der Waals surface area (Å²) in [4.78, 5) is 13.1. The van der Waals surface area contributed by atoms with E-state index in [1.54, 1.807) is 13.1 Å². The Morgan fingerprint density at radius 2 is 2.00 bits per heavy atom. The van der Waals surface area contributed by atoms with E-state index in [-0.39, 0.29) is 22.6 Å². The van der Waals surface area contributed by atoms with Gasteiger partial charge in [-0.1, -0.05) is 0 Å². The minimum absolute atomic E-state index is 0.00581. The Morgan fingerprint density at radius 1 is 1.29 bits per heavy atom. The SMILES string of the molecule is CN1C(=O)CCc2cc(SC(F)(F)F)ccc21. The highest BCUT2D eigenvalue weighted by atomic mass is 32.2. The number of carbonyl (C=O) groups is 1. The van der Waals surface area contributed by atoms with E-state index in [1.807, 2.05) is 0 Å². The fourth-order valence-electron chi connectivity index (χ4n) is 1.83. The van der Waals surface area contributed by atoms with Gasteiger partial charge in [-0.15, -0.1) is 0 Å². The number of amides is 1. The van der Waals surface area contributed by atoms with Crippen LogP contribution in [0.15, 0.2) is 23.1 Å². The van der Waals surface area contributed by atoms with Crippen molar-refractivity contribution in [2.24, 2.45) is 0 Å². The monoisotopic (exact) mass is 261 g/mol. The van der Waals surface area contributed by atoms with E-state index in [9.17, 15) is 18.0 Å². The maximum atomic E-state index is 12.2. The zero-order valence-corrected chi connectivity index (χ0v) is 9.86. The molecule has 2 nitrogen and oxygen atoms in total. The first-order valence-electron chi connectivity index (χ1n) is 5.02. The van der Waals surface area contributed by atoms with Gasteiger partial charge in [0.15, 0.2) is 0 Å². The molecule has 1 aliphatic rings. The number of fused-ring (bicyclic) bond motifs is 1. The minimum Gasteiger partial charge on any atom is -0.315 e. The fourth-order valence-corrected chi connectivity index (χ4v) is 2.43. The second kappa shape index (κ2) is 4.25. The van der Waals surface area contributed by atoms with Gasteiger partial charge in [-0.2, -0.15) is 13.2 Å². The van der Waals surface area contributed by atoms with Crippen molar-refractivity contribution in [1.29, 1.82) is 0 Å². The molecule has 1 aromatic carbocycles. The summed E-state index contributed by atoms with van der Waals surface area (Å²) in [6.45, 7) is 0. The van der Waals surface area contributed by atoms with Crippen LogP contribution in [0.1, 0.15) is 12.0 Å². The predicted molar refractivity (Wildman–Crippen MR) is 60.1 cm³/mol. The fraction of sp³-hybridized carbons (Fsp3) is 0.364. The molecule has 0 saturated carbocycles. The summed E-state index contributed by atoms with van der Waals surface area (Å²) in [6, 6.07) is 4.48. The van der Waals surface area contributed by atoms with Gasteiger partial charge in [-0.3, -0.25) is 4.79 Å². The first-order chi connectivity index (χ1) is 7.87. The van der Waals surface area contributed by atoms with Crippen LogP contribution in [0.4, 0.5) is 18.9 Å². The van der Waals surface area contributed by atoms with Crippen LogP contribution in [0.5, 0.6) is 0 Å². The number of hydrogen-bond donors (Lipinski definition) is 0. The topological polar surface area (TPSA) is 20.3 Å². The van der Waals surface area contributed by atoms with Gasteiger partial charge in [-0.05, 0) is 41.9 Å². The average molecular weight is 261 g/mol. The number of thioether (sulfide) groups is 1. The molecule has 0 fully saturated rings. The highest BCUT2D eigenvalue weighted by Crippen LogP contribution is 2.39. The summed E-state index contributed by atoms with van der Waals surface area (Å²) in [5.74, 6) is -0.00581. The molecule has 2 rings (SSSR count). The largest absolute Gasteiger partial charge is 0.446 e. The van der Waals surface area contributed by atoms with Crippen molar-refractivity contribution in [2.75, 3.05) is 11.9 Å². The Kier molecular flexibility index (Phi) is 3.07. The van der Waals surface area contributed by atoms with Gasteiger partial charge in [0, 0.05) is 24.1 Å². The van der Waals surface area contributed by atoms with E-state index in [0.717, 1.165) is 5.56 Å². The zero-order chi connectivity index (χ0) is 12.6. The third-order valence-electron chi connectivity index (χ3n) is 2.63. The number of nitrogens with zero attached hydrogens (tertiary/aromatic N) is 1. The summed E-state index contributed by atoms with van der Waals surface area (Å²) in [5, 5.41) is 0. The van der Waals surface area contributed by atoms with E-state index in [1.165, 1.54) is 17.0 Å². The Hall–Kier alpha value is -1.17. The molecule has 1 amide bonds. The number of aryl methyl sites for hydroxylation is 1. The smallest absolute Gasteiger partial charge is 0.315 e. The minimum atomic E-state index is -4.27. The van der Waals surface area contributed by atoms with E-state index < -0.39 is 5.51 Å². The number of anilines is 1. The lowest BCUT2D eigenvalue weighted by Gasteiger charge is -2.26. The normalized spacial score (nSPS) is 16.0. The van der Waals surface area contributed by atoms with Gasteiger partial charge < -0.3 is 4.90 Å². The van der Waals surface area contributed by atoms with E-state index in [4.69, 9.17) is 0 Å². The van der Waals surface area contributed by atoms with Crippen LogP contribution < -0.4 is 4.90 Å². The van der Waals surface area contributed by atoms with Gasteiger partial charge in [-0.25, -0.2) is 0 Å². The number of hydrogen-bond acceptors (Lipinski definition) is 2. The van der Waals surface area contributed by atoms with Gasteiger partial charge in [0.2, 0.25) is 5.91 Å². The average Bonchev–Trinajstić information content (AvgIpc) is 2.21. The van der Waals surface area contributed by atoms with E-state index in [0.29, 0.717) is 18.5 Å². The lowest BCUT2D eigenvalue weighted by atomic mass is 10.0. The molecule has 1 heterocycles. The summed E-state index contributed by atoms with van der Waals surface area (Å²) in [7, 11) is 1.64. The quantitative estimate of drug-likeness (QED) is 0.723. The standard InChI is InChI=1S/C11H10F3NOS/c1-15-9-4-3-8(17-11(12,13)14)6-7(9)2-5-10(15)16/h3-4,6H,2,5H2,1H3. The van der Waals surface area contributed by atoms with Crippen LogP contribution in [0.25, 0.3) is 0 Å². The summed E-state index contributed by atoms with van der Waals surface area (Å²) >= 11 is -0.128. The molecule has 0 aliphatic carbocycles. The van der Waals surface area contributed by atoms with Crippen molar-refractivity contribution < 1.29 is 18.0 Å². The third-order valence-corrected chi connectivity index (χ3v) is 3.35. The summed E-state index contributed by atoms with van der Waals surface area (Å²) in [5.41, 5.74) is -2.78. The van der Waals surface area contributed by atoms with Crippen LogP contribution in [0, 0.1) is 0 Å². The molecule has 0 N–H and O–H groups in total. The number of rotatable bonds is 1. The highest BCUT2D eigenvalue weighted by Gasteiger charge is 2.30. The molecule has 0 aromatic heterocycles. The van der Waals surface area contributed by atoms with Gasteiger partial charge in [0.1, 0.15) is 0 Å². The van der Waals surface area contributed by atoms with E-state index >= 15 is 0 Å². The second-order valence-electron chi connectivity index (χ2n) is 3.79. The molecule has 17 heavy (non-hydrogen) atoms. The van der Waals surface area contributed by atoms with Gasteiger partial charge >= 0.3 is 5.51 Å². The molecule has 1 aromatic rings. The van der Waals surface area contributed by atoms with Crippen molar-refractivity contribution in [3.8, 4) is 0 Å². The Balaban J connectivity index is 2.29. The maximum absolute atomic E-state index is 12.2. The van der Waals surface area contributed by atoms with Crippen LogP contribution in [0.2, 0.25) is 0 Å². The third kappa shape index (κ3) is 2.74. The van der Waals surface area contributed by atoms with Crippen molar-refractivity contribution in [1.82, 2.24) is 0 Å². The Morgan fingerprint density at radius 3 is 2.65 bits per heavy atom. The van der Waals surface area contributed by atoms with Crippen LogP contribution in [0.3, 0.4) is 0 Å². The molecule has 0 unspecified atom stereocenters.